The molecular weight excluding hydrogens is 394 g/mol. The van der Waals surface area contributed by atoms with Crippen LogP contribution < -0.4 is 5.56 Å². The highest BCUT2D eigenvalue weighted by Crippen LogP contribution is 2.32. The maximum absolute atomic E-state index is 12.8. The fourth-order valence-electron chi connectivity index (χ4n) is 2.76. The van der Waals surface area contributed by atoms with E-state index >= 15 is 0 Å². The predicted molar refractivity (Wildman–Crippen MR) is 110 cm³/mol. The molecule has 1 aromatic carbocycles. The van der Waals surface area contributed by atoms with Crippen LogP contribution >= 0.6 is 11.8 Å². The largest absolute Gasteiger partial charge is 0.459 e. The maximum Gasteiger partial charge on any atom is 0.326 e. The molecule has 1 aliphatic rings. The van der Waals surface area contributed by atoms with Gasteiger partial charge in [0.05, 0.1) is 16.2 Å². The number of carbonyl (C=O) groups excluding carboxylic acids is 3. The van der Waals surface area contributed by atoms with Gasteiger partial charge < -0.3 is 4.74 Å². The number of esters is 1. The lowest BCUT2D eigenvalue weighted by molar-refractivity contribution is -0.156. The van der Waals surface area contributed by atoms with Gasteiger partial charge in [0.25, 0.3) is 16.7 Å². The molecule has 0 spiro atoms. The van der Waals surface area contributed by atoms with E-state index in [1.807, 2.05) is 6.07 Å². The van der Waals surface area contributed by atoms with Crippen LogP contribution in [0.15, 0.2) is 40.0 Å². The van der Waals surface area contributed by atoms with Crippen LogP contribution in [0.3, 0.4) is 0 Å². The smallest absolute Gasteiger partial charge is 0.326 e. The summed E-state index contributed by atoms with van der Waals surface area (Å²) in [6, 6.07) is 9.00. The molecule has 1 aliphatic heterocycles. The Bertz CT molecular complexity index is 1060. The predicted octanol–water partition coefficient (Wildman–Crippen LogP) is 2.85. The number of hydrogen-bond donors (Lipinski definition) is 1. The molecule has 0 bridgehead atoms. The first-order chi connectivity index (χ1) is 13.6. The molecule has 0 saturated carbocycles. The van der Waals surface area contributed by atoms with Crippen LogP contribution in [0.1, 0.15) is 32.0 Å². The number of carbonyl (C=O) groups is 3. The fraction of sp³-hybridized carbons (Fsp3) is 0.300. The van der Waals surface area contributed by atoms with E-state index in [-0.39, 0.29) is 16.0 Å². The standard InChI is InChI=1S/C20H21N3O5S/c1-12-14(17(25)23(21-12)13-8-6-5-7-9-13)10-15-18(26)22(19(27)29-15)11-16(24)28-20(2,3)4/h5-10,21H,11H2,1-4H3/b15-10-. The minimum Gasteiger partial charge on any atom is -0.459 e. The molecule has 1 N–H and O–H groups in total. The van der Waals surface area contributed by atoms with Crippen molar-refractivity contribution >= 4 is 35.0 Å². The summed E-state index contributed by atoms with van der Waals surface area (Å²) in [6.45, 7) is 6.33. The van der Waals surface area contributed by atoms with Gasteiger partial charge in [-0.1, -0.05) is 18.2 Å². The molecule has 2 amide bonds. The molecule has 2 aromatic rings. The van der Waals surface area contributed by atoms with E-state index in [1.165, 1.54) is 10.8 Å². The minimum absolute atomic E-state index is 0.0815. The van der Waals surface area contributed by atoms with Gasteiger partial charge in [-0.05, 0) is 57.7 Å². The van der Waals surface area contributed by atoms with Gasteiger partial charge in [0.15, 0.2) is 0 Å². The topological polar surface area (TPSA) is 101 Å². The molecule has 29 heavy (non-hydrogen) atoms. The summed E-state index contributed by atoms with van der Waals surface area (Å²) in [5.74, 6) is -1.30. The van der Waals surface area contributed by atoms with E-state index in [1.54, 1.807) is 52.0 Å². The number of aromatic amines is 1. The van der Waals surface area contributed by atoms with E-state index in [9.17, 15) is 19.2 Å². The van der Waals surface area contributed by atoms with Crippen molar-refractivity contribution in [2.24, 2.45) is 0 Å². The van der Waals surface area contributed by atoms with Gasteiger partial charge in [-0.3, -0.25) is 29.2 Å². The number of hydrogen-bond acceptors (Lipinski definition) is 6. The summed E-state index contributed by atoms with van der Waals surface area (Å²) >= 11 is 0.688. The number of thioether (sulfide) groups is 1. The van der Waals surface area contributed by atoms with Crippen LogP contribution in [0, 0.1) is 6.92 Å². The number of imide groups is 1. The van der Waals surface area contributed by atoms with Crippen LogP contribution in [0.25, 0.3) is 11.8 Å². The number of ether oxygens (including phenoxy) is 1. The zero-order valence-electron chi connectivity index (χ0n) is 16.5. The first-order valence-corrected chi connectivity index (χ1v) is 9.73. The number of nitrogens with zero attached hydrogens (tertiary/aromatic N) is 2. The van der Waals surface area contributed by atoms with Gasteiger partial charge in [0.1, 0.15) is 12.1 Å². The molecule has 3 rings (SSSR count). The van der Waals surface area contributed by atoms with Gasteiger partial charge in [-0.2, -0.15) is 0 Å². The van der Waals surface area contributed by atoms with Crippen molar-refractivity contribution in [3.63, 3.8) is 0 Å². The molecule has 8 nitrogen and oxygen atoms in total. The number of amides is 2. The van der Waals surface area contributed by atoms with Gasteiger partial charge in [-0.25, -0.2) is 4.68 Å². The highest BCUT2D eigenvalue weighted by molar-refractivity contribution is 8.18. The summed E-state index contributed by atoms with van der Waals surface area (Å²) in [4.78, 5) is 50.5. The molecular formula is C20H21N3O5S. The Kier molecular flexibility index (Phi) is 5.52. The Morgan fingerprint density at radius 2 is 1.83 bits per heavy atom. The molecule has 1 saturated heterocycles. The highest BCUT2D eigenvalue weighted by Gasteiger charge is 2.37. The number of rotatable bonds is 4. The molecule has 2 heterocycles. The quantitative estimate of drug-likeness (QED) is 0.609. The lowest BCUT2D eigenvalue weighted by Crippen LogP contribution is -2.37. The second-order valence-electron chi connectivity index (χ2n) is 7.48. The Balaban J connectivity index is 1.86. The van der Waals surface area contributed by atoms with Crippen molar-refractivity contribution in [2.75, 3.05) is 6.54 Å². The zero-order valence-corrected chi connectivity index (χ0v) is 17.3. The van der Waals surface area contributed by atoms with Crippen LogP contribution in [-0.2, 0) is 14.3 Å². The average Bonchev–Trinajstić information content (AvgIpc) is 3.06. The number of para-hydroxylation sites is 1. The summed E-state index contributed by atoms with van der Waals surface area (Å²) in [6.07, 6.45) is 1.38. The second kappa shape index (κ2) is 7.75. The third-order valence-electron chi connectivity index (χ3n) is 3.99. The van der Waals surface area contributed by atoms with Gasteiger partial charge >= 0.3 is 5.97 Å². The van der Waals surface area contributed by atoms with E-state index in [4.69, 9.17) is 4.74 Å². The van der Waals surface area contributed by atoms with Crippen LogP contribution in [-0.4, -0.2) is 43.9 Å². The Morgan fingerprint density at radius 1 is 1.17 bits per heavy atom. The third kappa shape index (κ3) is 4.51. The monoisotopic (exact) mass is 415 g/mol. The Morgan fingerprint density at radius 3 is 2.45 bits per heavy atom. The maximum atomic E-state index is 12.8. The molecule has 0 aliphatic carbocycles. The molecule has 9 heteroatoms. The number of aryl methyl sites for hydroxylation is 1. The lowest BCUT2D eigenvalue weighted by Gasteiger charge is -2.21. The lowest BCUT2D eigenvalue weighted by atomic mass is 10.2. The van der Waals surface area contributed by atoms with Crippen LogP contribution in [0.2, 0.25) is 0 Å². The van der Waals surface area contributed by atoms with Crippen molar-refractivity contribution in [1.82, 2.24) is 14.7 Å². The van der Waals surface area contributed by atoms with Gasteiger partial charge in [-0.15, -0.1) is 0 Å². The molecule has 1 aromatic heterocycles. The molecule has 1 fully saturated rings. The van der Waals surface area contributed by atoms with Crippen molar-refractivity contribution in [3.8, 4) is 5.69 Å². The summed E-state index contributed by atoms with van der Waals surface area (Å²) in [5, 5.41) is 2.38. The van der Waals surface area contributed by atoms with E-state index in [2.05, 4.69) is 5.10 Å². The average molecular weight is 415 g/mol. The fourth-order valence-corrected chi connectivity index (χ4v) is 3.58. The second-order valence-corrected chi connectivity index (χ2v) is 8.47. The Labute approximate surface area is 171 Å². The van der Waals surface area contributed by atoms with Crippen LogP contribution in [0.4, 0.5) is 4.79 Å². The Hall–Kier alpha value is -3.07. The first kappa shape index (κ1) is 20.7. The molecule has 0 radical (unpaired) electrons. The minimum atomic E-state index is -0.723. The first-order valence-electron chi connectivity index (χ1n) is 8.91. The highest BCUT2D eigenvalue weighted by atomic mass is 32.2. The third-order valence-corrected chi connectivity index (χ3v) is 4.90. The van der Waals surface area contributed by atoms with Crippen LogP contribution in [0.5, 0.6) is 0 Å². The zero-order chi connectivity index (χ0) is 21.3. The summed E-state index contributed by atoms with van der Waals surface area (Å²) < 4.78 is 6.54. The number of nitrogens with one attached hydrogen (secondary N) is 1. The van der Waals surface area contributed by atoms with E-state index < -0.39 is 29.3 Å². The van der Waals surface area contributed by atoms with Gasteiger partial charge in [0, 0.05) is 5.69 Å². The van der Waals surface area contributed by atoms with E-state index in [0.29, 0.717) is 23.1 Å². The van der Waals surface area contributed by atoms with Gasteiger partial charge in [0.2, 0.25) is 0 Å². The number of H-pyrrole nitrogens is 1. The molecule has 0 atom stereocenters. The van der Waals surface area contributed by atoms with Crippen molar-refractivity contribution in [2.45, 2.75) is 33.3 Å². The van der Waals surface area contributed by atoms with E-state index in [0.717, 1.165) is 4.90 Å². The van der Waals surface area contributed by atoms with Crippen molar-refractivity contribution in [3.05, 3.63) is 56.8 Å². The SMILES string of the molecule is Cc1[nH]n(-c2ccccc2)c(=O)c1/C=C1\SC(=O)N(CC(=O)OC(C)(C)C)C1=O. The van der Waals surface area contributed by atoms with Crippen molar-refractivity contribution in [1.29, 1.82) is 0 Å². The normalized spacial score (nSPS) is 16.0. The number of benzene rings is 1. The summed E-state index contributed by atoms with van der Waals surface area (Å²) in [5.41, 5.74) is 0.416. The molecule has 152 valence electrons. The summed E-state index contributed by atoms with van der Waals surface area (Å²) in [7, 11) is 0. The van der Waals surface area contributed by atoms with Crippen molar-refractivity contribution < 1.29 is 19.1 Å². The number of aromatic nitrogens is 2. The molecule has 0 unspecified atom stereocenters.